The number of hydrogen-bond donors (Lipinski definition) is 2. The minimum atomic E-state index is -1.54. The third-order valence-electron chi connectivity index (χ3n) is 3.73. The number of rotatable bonds is 7. The van der Waals surface area contributed by atoms with Crippen molar-refractivity contribution in [2.45, 2.75) is 12.8 Å². The van der Waals surface area contributed by atoms with E-state index in [0.717, 1.165) is 25.0 Å². The van der Waals surface area contributed by atoms with Crippen LogP contribution >= 0.6 is 0 Å². The van der Waals surface area contributed by atoms with E-state index in [1.807, 2.05) is 18.2 Å². The van der Waals surface area contributed by atoms with Crippen molar-refractivity contribution in [1.82, 2.24) is 9.97 Å². The highest BCUT2D eigenvalue weighted by Crippen LogP contribution is 2.22. The summed E-state index contributed by atoms with van der Waals surface area (Å²) in [7, 11) is 0. The Morgan fingerprint density at radius 1 is 0.885 bits per heavy atom. The lowest BCUT2D eigenvalue weighted by Gasteiger charge is -2.09. The monoisotopic (exact) mass is 358 g/mol. The predicted molar refractivity (Wildman–Crippen MR) is 94.9 cm³/mol. The maximum absolute atomic E-state index is 13.7. The van der Waals surface area contributed by atoms with Crippen molar-refractivity contribution in [2.24, 2.45) is 0 Å². The van der Waals surface area contributed by atoms with Crippen LogP contribution in [0.4, 0.5) is 30.6 Å². The van der Waals surface area contributed by atoms with E-state index in [2.05, 4.69) is 32.7 Å². The summed E-state index contributed by atoms with van der Waals surface area (Å²) in [5, 5.41) is 5.71. The Labute approximate surface area is 149 Å². The number of aromatic nitrogens is 2. The Morgan fingerprint density at radius 2 is 1.69 bits per heavy atom. The molecule has 0 fully saturated rings. The summed E-state index contributed by atoms with van der Waals surface area (Å²) in [6.07, 6.45) is 3.34. The number of halogens is 3. The molecule has 4 nitrogen and oxygen atoms in total. The smallest absolute Gasteiger partial charge is 0.229 e. The lowest BCUT2D eigenvalue weighted by Crippen LogP contribution is -2.07. The van der Waals surface area contributed by atoms with E-state index in [9.17, 15) is 13.2 Å². The number of anilines is 3. The van der Waals surface area contributed by atoms with Crippen LogP contribution in [0.25, 0.3) is 0 Å². The Hall–Kier alpha value is -3.09. The van der Waals surface area contributed by atoms with Crippen LogP contribution in [0.3, 0.4) is 0 Å². The zero-order chi connectivity index (χ0) is 18.4. The van der Waals surface area contributed by atoms with E-state index in [-0.39, 0.29) is 11.6 Å². The summed E-state index contributed by atoms with van der Waals surface area (Å²) in [4.78, 5) is 8.15. The number of aryl methyl sites for hydroxylation is 1. The summed E-state index contributed by atoms with van der Waals surface area (Å²) in [5.41, 5.74) is 1.03. The maximum atomic E-state index is 13.7. The predicted octanol–water partition coefficient (Wildman–Crippen LogP) is 4.68. The van der Waals surface area contributed by atoms with Gasteiger partial charge in [-0.05, 0) is 36.6 Å². The van der Waals surface area contributed by atoms with Gasteiger partial charge in [-0.1, -0.05) is 30.3 Å². The van der Waals surface area contributed by atoms with Gasteiger partial charge in [-0.2, -0.15) is 4.98 Å². The van der Waals surface area contributed by atoms with Crippen molar-refractivity contribution in [3.05, 3.63) is 77.7 Å². The molecule has 2 N–H and O–H groups in total. The van der Waals surface area contributed by atoms with Gasteiger partial charge in [0.05, 0.1) is 5.69 Å². The van der Waals surface area contributed by atoms with Crippen molar-refractivity contribution in [3.8, 4) is 0 Å². The third kappa shape index (κ3) is 4.50. The summed E-state index contributed by atoms with van der Waals surface area (Å²) in [6.45, 7) is 0.699. The number of hydrogen-bond acceptors (Lipinski definition) is 4. The van der Waals surface area contributed by atoms with Crippen LogP contribution in [-0.4, -0.2) is 16.5 Å². The molecular weight excluding hydrogens is 341 g/mol. The fourth-order valence-electron chi connectivity index (χ4n) is 2.41. The molecule has 0 aliphatic carbocycles. The molecule has 0 saturated heterocycles. The first kappa shape index (κ1) is 17.7. The molecule has 26 heavy (non-hydrogen) atoms. The third-order valence-corrected chi connectivity index (χ3v) is 3.73. The molecule has 0 atom stereocenters. The van der Waals surface area contributed by atoms with Gasteiger partial charge in [0.15, 0.2) is 17.5 Å². The van der Waals surface area contributed by atoms with Gasteiger partial charge in [0.25, 0.3) is 0 Å². The van der Waals surface area contributed by atoms with Crippen LogP contribution in [0.15, 0.2) is 54.7 Å². The summed E-state index contributed by atoms with van der Waals surface area (Å²) in [6, 6.07) is 13.7. The van der Waals surface area contributed by atoms with Gasteiger partial charge in [-0.15, -0.1) is 0 Å². The molecule has 7 heteroatoms. The molecule has 1 heterocycles. The van der Waals surface area contributed by atoms with Gasteiger partial charge < -0.3 is 10.6 Å². The number of nitrogens with zero attached hydrogens (tertiary/aromatic N) is 2. The summed E-state index contributed by atoms with van der Waals surface area (Å²) in [5.74, 6) is -3.45. The molecule has 0 spiro atoms. The fourth-order valence-corrected chi connectivity index (χ4v) is 2.41. The molecule has 1 aromatic heterocycles. The highest BCUT2D eigenvalue weighted by atomic mass is 19.2. The number of nitrogens with one attached hydrogen (secondary N) is 2. The zero-order valence-corrected chi connectivity index (χ0v) is 13.8. The minimum Gasteiger partial charge on any atom is -0.370 e. The second-order valence-electron chi connectivity index (χ2n) is 5.63. The molecule has 134 valence electrons. The average molecular weight is 358 g/mol. The first-order valence-corrected chi connectivity index (χ1v) is 8.15. The van der Waals surface area contributed by atoms with Crippen LogP contribution in [0, 0.1) is 17.5 Å². The molecule has 2 aromatic carbocycles. The SMILES string of the molecule is Fc1ccc(Nc2nccc(NCCCc3ccccc3)n2)c(F)c1F. The van der Waals surface area contributed by atoms with Crippen molar-refractivity contribution < 1.29 is 13.2 Å². The molecule has 0 unspecified atom stereocenters. The fraction of sp³-hybridized carbons (Fsp3) is 0.158. The van der Waals surface area contributed by atoms with Crippen molar-refractivity contribution in [1.29, 1.82) is 0 Å². The lowest BCUT2D eigenvalue weighted by molar-refractivity contribution is 0.449. The van der Waals surface area contributed by atoms with Crippen LogP contribution in [0.1, 0.15) is 12.0 Å². The van der Waals surface area contributed by atoms with Gasteiger partial charge in [0.1, 0.15) is 5.82 Å². The van der Waals surface area contributed by atoms with Gasteiger partial charge in [-0.25, -0.2) is 18.2 Å². The van der Waals surface area contributed by atoms with Crippen LogP contribution < -0.4 is 10.6 Å². The van der Waals surface area contributed by atoms with Crippen molar-refractivity contribution >= 4 is 17.5 Å². The normalized spacial score (nSPS) is 10.6. The molecule has 0 radical (unpaired) electrons. The quantitative estimate of drug-likeness (QED) is 0.475. The molecule has 0 aliphatic rings. The Bertz CT molecular complexity index is 872. The number of benzene rings is 2. The van der Waals surface area contributed by atoms with Crippen molar-refractivity contribution in [3.63, 3.8) is 0 Å². The van der Waals surface area contributed by atoms with E-state index < -0.39 is 17.5 Å². The molecule has 0 aliphatic heterocycles. The van der Waals surface area contributed by atoms with Crippen LogP contribution in [0.2, 0.25) is 0 Å². The molecule has 0 saturated carbocycles. The molecule has 0 amide bonds. The maximum Gasteiger partial charge on any atom is 0.229 e. The van der Waals surface area contributed by atoms with E-state index >= 15 is 0 Å². The molecular formula is C19H17F3N4. The van der Waals surface area contributed by atoms with E-state index in [4.69, 9.17) is 0 Å². The largest absolute Gasteiger partial charge is 0.370 e. The van der Waals surface area contributed by atoms with Crippen LogP contribution in [0.5, 0.6) is 0 Å². The Kier molecular flexibility index (Phi) is 5.68. The molecule has 3 rings (SSSR count). The zero-order valence-electron chi connectivity index (χ0n) is 13.8. The minimum absolute atomic E-state index is 0.0861. The summed E-state index contributed by atoms with van der Waals surface area (Å²) >= 11 is 0. The summed E-state index contributed by atoms with van der Waals surface area (Å²) < 4.78 is 40.0. The molecule has 3 aromatic rings. The van der Waals surface area contributed by atoms with Gasteiger partial charge in [-0.3, -0.25) is 0 Å². The van der Waals surface area contributed by atoms with Gasteiger partial charge >= 0.3 is 0 Å². The highest BCUT2D eigenvalue weighted by molar-refractivity contribution is 5.55. The van der Waals surface area contributed by atoms with Crippen LogP contribution in [-0.2, 0) is 6.42 Å². The van der Waals surface area contributed by atoms with Crippen molar-refractivity contribution in [2.75, 3.05) is 17.2 Å². The Morgan fingerprint density at radius 3 is 2.50 bits per heavy atom. The average Bonchev–Trinajstić information content (AvgIpc) is 2.67. The van der Waals surface area contributed by atoms with E-state index in [1.54, 1.807) is 6.07 Å². The topological polar surface area (TPSA) is 49.8 Å². The van der Waals surface area contributed by atoms with E-state index in [1.165, 1.54) is 11.8 Å². The van der Waals surface area contributed by atoms with Gasteiger partial charge in [0, 0.05) is 12.7 Å². The first-order valence-electron chi connectivity index (χ1n) is 8.15. The van der Waals surface area contributed by atoms with Gasteiger partial charge in [0.2, 0.25) is 5.95 Å². The highest BCUT2D eigenvalue weighted by Gasteiger charge is 2.14. The Balaban J connectivity index is 1.57. The van der Waals surface area contributed by atoms with E-state index in [0.29, 0.717) is 12.4 Å². The first-order chi connectivity index (χ1) is 12.6. The lowest BCUT2D eigenvalue weighted by atomic mass is 10.1. The molecule has 0 bridgehead atoms. The standard InChI is InChI=1S/C19H17F3N4/c20-14-8-9-15(18(22)17(14)21)25-19-24-12-10-16(26-19)23-11-4-7-13-5-2-1-3-6-13/h1-3,5-6,8-10,12H,4,7,11H2,(H2,23,24,25,26). The second kappa shape index (κ2) is 8.33. The second-order valence-corrected chi connectivity index (χ2v) is 5.63.